The highest BCUT2D eigenvalue weighted by molar-refractivity contribution is 5.94. The zero-order valence-corrected chi connectivity index (χ0v) is 16.7. The second-order valence-electron chi connectivity index (χ2n) is 7.33. The first-order chi connectivity index (χ1) is 13.3. The fourth-order valence-corrected chi connectivity index (χ4v) is 3.64. The van der Waals surface area contributed by atoms with E-state index in [4.69, 9.17) is 5.73 Å². The Morgan fingerprint density at radius 3 is 2.54 bits per heavy atom. The summed E-state index contributed by atoms with van der Waals surface area (Å²) in [6.45, 7) is 6.55. The number of aryl methyl sites for hydroxylation is 2. The number of aromatic nitrogens is 2. The van der Waals surface area contributed by atoms with Crippen molar-refractivity contribution < 1.29 is 9.59 Å². The Bertz CT molecular complexity index is 848. The second-order valence-corrected chi connectivity index (χ2v) is 7.33. The third kappa shape index (κ3) is 4.58. The molecule has 1 fully saturated rings. The molecule has 1 aromatic carbocycles. The number of nitrogens with one attached hydrogen (secondary N) is 1. The molecular formula is C20H28N6O2. The molecule has 3 rings (SSSR count). The third-order valence-corrected chi connectivity index (χ3v) is 5.27. The largest absolute Gasteiger partial charge is 0.368 e. The summed E-state index contributed by atoms with van der Waals surface area (Å²) >= 11 is 0. The second kappa shape index (κ2) is 8.53. The van der Waals surface area contributed by atoms with Crippen LogP contribution in [0.3, 0.4) is 0 Å². The highest BCUT2D eigenvalue weighted by atomic mass is 16.2. The van der Waals surface area contributed by atoms with Crippen molar-refractivity contribution in [2.24, 2.45) is 12.8 Å². The molecule has 28 heavy (non-hydrogen) atoms. The van der Waals surface area contributed by atoms with Crippen molar-refractivity contribution in [3.8, 4) is 0 Å². The quantitative estimate of drug-likeness (QED) is 0.762. The molecule has 2 heterocycles. The number of rotatable bonds is 6. The summed E-state index contributed by atoms with van der Waals surface area (Å²) in [5.41, 5.74) is 9.23. The van der Waals surface area contributed by atoms with Crippen LogP contribution in [0.2, 0.25) is 0 Å². The fraction of sp³-hybridized carbons (Fsp3) is 0.450. The minimum Gasteiger partial charge on any atom is -0.368 e. The standard InChI is InChI=1S/C20H28N6O2/c1-14-19(15(2)24(3)23-14)22-18(27)13-26-10-9-25(12-17(26)20(21)28)11-16-7-5-4-6-8-16/h4-8,17H,9-13H2,1-3H3,(H2,21,28)(H,22,27)/t17-/m0/s1. The van der Waals surface area contributed by atoms with Crippen LogP contribution >= 0.6 is 0 Å². The Kier molecular flexibility index (Phi) is 6.11. The van der Waals surface area contributed by atoms with Gasteiger partial charge in [-0.25, -0.2) is 0 Å². The first-order valence-corrected chi connectivity index (χ1v) is 9.45. The van der Waals surface area contributed by atoms with Crippen LogP contribution in [0.1, 0.15) is 17.0 Å². The molecule has 0 aliphatic carbocycles. The number of amides is 2. The van der Waals surface area contributed by atoms with Crippen molar-refractivity contribution in [2.75, 3.05) is 31.5 Å². The number of carbonyl (C=O) groups is 2. The lowest BCUT2D eigenvalue weighted by molar-refractivity contribution is -0.127. The van der Waals surface area contributed by atoms with E-state index in [9.17, 15) is 9.59 Å². The fourth-order valence-electron chi connectivity index (χ4n) is 3.64. The van der Waals surface area contributed by atoms with Crippen LogP contribution in [0.25, 0.3) is 0 Å². The maximum atomic E-state index is 12.6. The van der Waals surface area contributed by atoms with E-state index in [0.29, 0.717) is 13.1 Å². The molecule has 0 spiro atoms. The molecule has 1 aliphatic rings. The van der Waals surface area contributed by atoms with Crippen molar-refractivity contribution in [1.82, 2.24) is 19.6 Å². The van der Waals surface area contributed by atoms with Crippen LogP contribution in [0.4, 0.5) is 5.69 Å². The molecule has 2 aromatic rings. The molecule has 0 unspecified atom stereocenters. The number of primary amides is 1. The highest BCUT2D eigenvalue weighted by Gasteiger charge is 2.32. The summed E-state index contributed by atoms with van der Waals surface area (Å²) in [5.74, 6) is -0.568. The Morgan fingerprint density at radius 2 is 1.93 bits per heavy atom. The van der Waals surface area contributed by atoms with Crippen molar-refractivity contribution in [2.45, 2.75) is 26.4 Å². The Labute approximate surface area is 165 Å². The molecule has 8 nitrogen and oxygen atoms in total. The van der Waals surface area contributed by atoms with E-state index in [1.54, 1.807) is 4.68 Å². The van der Waals surface area contributed by atoms with Crippen LogP contribution in [-0.4, -0.2) is 63.6 Å². The van der Waals surface area contributed by atoms with Gasteiger partial charge in [0.2, 0.25) is 11.8 Å². The topological polar surface area (TPSA) is 96.5 Å². The van der Waals surface area contributed by atoms with Gasteiger partial charge in [0.15, 0.2) is 0 Å². The van der Waals surface area contributed by atoms with Crippen LogP contribution in [0, 0.1) is 13.8 Å². The molecular weight excluding hydrogens is 356 g/mol. The van der Waals surface area contributed by atoms with Gasteiger partial charge in [-0.2, -0.15) is 5.10 Å². The SMILES string of the molecule is Cc1nn(C)c(C)c1NC(=O)CN1CCN(Cc2ccccc2)C[C@H]1C(N)=O. The van der Waals surface area contributed by atoms with Gasteiger partial charge >= 0.3 is 0 Å². The molecule has 0 saturated carbocycles. The van der Waals surface area contributed by atoms with Gasteiger partial charge in [0.05, 0.1) is 23.6 Å². The summed E-state index contributed by atoms with van der Waals surface area (Å²) in [6, 6.07) is 9.64. The van der Waals surface area contributed by atoms with E-state index in [-0.39, 0.29) is 12.5 Å². The first kappa shape index (κ1) is 20.0. The number of piperazine rings is 1. The minimum absolute atomic E-state index is 0.126. The molecule has 1 aromatic heterocycles. The van der Waals surface area contributed by atoms with E-state index >= 15 is 0 Å². The molecule has 2 amide bonds. The number of benzene rings is 1. The normalized spacial score (nSPS) is 18.2. The van der Waals surface area contributed by atoms with Gasteiger partial charge < -0.3 is 11.1 Å². The van der Waals surface area contributed by atoms with E-state index in [2.05, 4.69) is 27.4 Å². The van der Waals surface area contributed by atoms with E-state index in [1.807, 2.05) is 44.0 Å². The average Bonchev–Trinajstić information content (AvgIpc) is 2.89. The van der Waals surface area contributed by atoms with Gasteiger partial charge in [-0.15, -0.1) is 0 Å². The number of nitrogens with zero attached hydrogens (tertiary/aromatic N) is 4. The molecule has 1 aliphatic heterocycles. The summed E-state index contributed by atoms with van der Waals surface area (Å²) in [6.07, 6.45) is 0. The maximum absolute atomic E-state index is 12.6. The molecule has 0 radical (unpaired) electrons. The lowest BCUT2D eigenvalue weighted by Gasteiger charge is -2.39. The van der Waals surface area contributed by atoms with E-state index < -0.39 is 11.9 Å². The Balaban J connectivity index is 1.62. The van der Waals surface area contributed by atoms with Crippen molar-refractivity contribution in [3.63, 3.8) is 0 Å². The first-order valence-electron chi connectivity index (χ1n) is 9.45. The Hall–Kier alpha value is -2.71. The third-order valence-electron chi connectivity index (χ3n) is 5.27. The van der Waals surface area contributed by atoms with Crippen molar-refractivity contribution in [1.29, 1.82) is 0 Å². The zero-order valence-electron chi connectivity index (χ0n) is 16.7. The Morgan fingerprint density at radius 1 is 1.21 bits per heavy atom. The highest BCUT2D eigenvalue weighted by Crippen LogP contribution is 2.19. The number of carbonyl (C=O) groups excluding carboxylic acids is 2. The number of anilines is 1. The predicted molar refractivity (Wildman–Crippen MR) is 108 cm³/mol. The number of hydrogen-bond acceptors (Lipinski definition) is 5. The number of nitrogens with two attached hydrogens (primary N) is 1. The molecule has 3 N–H and O–H groups in total. The van der Waals surface area contributed by atoms with Crippen molar-refractivity contribution >= 4 is 17.5 Å². The van der Waals surface area contributed by atoms with E-state index in [1.165, 1.54) is 5.56 Å². The molecule has 8 heteroatoms. The van der Waals surface area contributed by atoms with Gasteiger partial charge in [-0.05, 0) is 19.4 Å². The average molecular weight is 384 g/mol. The van der Waals surface area contributed by atoms with Gasteiger partial charge in [0, 0.05) is 33.2 Å². The van der Waals surface area contributed by atoms with Gasteiger partial charge in [0.25, 0.3) is 0 Å². The zero-order chi connectivity index (χ0) is 20.3. The van der Waals surface area contributed by atoms with Crippen LogP contribution in [0.15, 0.2) is 30.3 Å². The molecule has 150 valence electrons. The molecule has 1 saturated heterocycles. The monoisotopic (exact) mass is 384 g/mol. The summed E-state index contributed by atoms with van der Waals surface area (Å²) in [5, 5.41) is 7.24. The smallest absolute Gasteiger partial charge is 0.238 e. The maximum Gasteiger partial charge on any atom is 0.238 e. The lowest BCUT2D eigenvalue weighted by atomic mass is 10.1. The molecule has 0 bridgehead atoms. The van der Waals surface area contributed by atoms with E-state index in [0.717, 1.165) is 30.2 Å². The lowest BCUT2D eigenvalue weighted by Crippen LogP contribution is -2.59. The summed E-state index contributed by atoms with van der Waals surface area (Å²) < 4.78 is 1.74. The van der Waals surface area contributed by atoms with Gasteiger partial charge in [-0.1, -0.05) is 30.3 Å². The predicted octanol–water partition coefficient (Wildman–Crippen LogP) is 0.647. The van der Waals surface area contributed by atoms with Gasteiger partial charge in [-0.3, -0.25) is 24.1 Å². The van der Waals surface area contributed by atoms with Gasteiger partial charge in [0.1, 0.15) is 6.04 Å². The summed E-state index contributed by atoms with van der Waals surface area (Å²) in [4.78, 5) is 28.7. The van der Waals surface area contributed by atoms with Crippen LogP contribution in [0.5, 0.6) is 0 Å². The summed E-state index contributed by atoms with van der Waals surface area (Å²) in [7, 11) is 1.84. The molecule has 1 atom stereocenters. The number of hydrogen-bond donors (Lipinski definition) is 2. The van der Waals surface area contributed by atoms with Crippen molar-refractivity contribution in [3.05, 3.63) is 47.3 Å². The van der Waals surface area contributed by atoms with Crippen LogP contribution < -0.4 is 11.1 Å². The van der Waals surface area contributed by atoms with Crippen LogP contribution in [-0.2, 0) is 23.2 Å². The minimum atomic E-state index is -0.487.